The molecule has 2 rings (SSSR count). The first-order valence-electron chi connectivity index (χ1n) is 5.67. The molecule has 1 aromatic carbocycles. The zero-order valence-corrected chi connectivity index (χ0v) is 10.2. The highest BCUT2D eigenvalue weighted by Gasteiger charge is 2.22. The fourth-order valence-corrected chi connectivity index (χ4v) is 1.96. The van der Waals surface area contributed by atoms with Crippen molar-refractivity contribution in [3.05, 3.63) is 47.8 Å². The van der Waals surface area contributed by atoms with Crippen LogP contribution in [0.1, 0.15) is 18.2 Å². The lowest BCUT2D eigenvalue weighted by atomic mass is 9.92. The highest BCUT2D eigenvalue weighted by molar-refractivity contribution is 5.17. The molecule has 0 aliphatic carbocycles. The lowest BCUT2D eigenvalue weighted by Crippen LogP contribution is -2.30. The molecule has 17 heavy (non-hydrogen) atoms. The van der Waals surface area contributed by atoms with Gasteiger partial charge in [-0.2, -0.15) is 0 Å². The predicted molar refractivity (Wildman–Crippen MR) is 65.5 cm³/mol. The maximum atomic E-state index is 10.4. The third-order valence-corrected chi connectivity index (χ3v) is 2.64. The summed E-state index contributed by atoms with van der Waals surface area (Å²) in [7, 11) is 1.82. The van der Waals surface area contributed by atoms with Crippen LogP contribution >= 0.6 is 0 Å². The molecule has 0 saturated carbocycles. The maximum absolute atomic E-state index is 10.4. The van der Waals surface area contributed by atoms with E-state index in [0.29, 0.717) is 12.8 Å². The van der Waals surface area contributed by atoms with E-state index in [1.54, 1.807) is 4.68 Å². The van der Waals surface area contributed by atoms with Crippen LogP contribution in [0.2, 0.25) is 0 Å². The maximum Gasteiger partial charge on any atom is 0.0855 e. The lowest BCUT2D eigenvalue weighted by molar-refractivity contribution is 0.0598. The van der Waals surface area contributed by atoms with Gasteiger partial charge < -0.3 is 5.11 Å². The molecule has 1 atom stereocenters. The van der Waals surface area contributed by atoms with Crippen LogP contribution in [0.3, 0.4) is 0 Å². The van der Waals surface area contributed by atoms with Crippen LogP contribution < -0.4 is 0 Å². The smallest absolute Gasteiger partial charge is 0.0855 e. The van der Waals surface area contributed by atoms with Crippen LogP contribution in [0.15, 0.2) is 36.5 Å². The number of aryl methyl sites for hydroxylation is 1. The molecule has 90 valence electrons. The average molecular weight is 231 g/mol. The van der Waals surface area contributed by atoms with Gasteiger partial charge in [0.15, 0.2) is 0 Å². The summed E-state index contributed by atoms with van der Waals surface area (Å²) >= 11 is 0. The van der Waals surface area contributed by atoms with Gasteiger partial charge in [0.1, 0.15) is 0 Å². The Hall–Kier alpha value is -1.68. The Bertz CT molecular complexity index is 476. The number of benzene rings is 1. The SMILES string of the molecule is Cn1cc(CC(C)(O)Cc2ccccc2)nn1. The Kier molecular flexibility index (Phi) is 3.24. The van der Waals surface area contributed by atoms with Crippen LogP contribution in [0, 0.1) is 0 Å². The summed E-state index contributed by atoms with van der Waals surface area (Å²) in [6.07, 6.45) is 2.96. The summed E-state index contributed by atoms with van der Waals surface area (Å²) in [6, 6.07) is 9.97. The van der Waals surface area contributed by atoms with Crippen LogP contribution in [0.25, 0.3) is 0 Å². The molecule has 0 spiro atoms. The van der Waals surface area contributed by atoms with Gasteiger partial charge in [0.2, 0.25) is 0 Å². The summed E-state index contributed by atoms with van der Waals surface area (Å²) in [5, 5.41) is 18.2. The minimum Gasteiger partial charge on any atom is -0.389 e. The Morgan fingerprint density at radius 1 is 1.24 bits per heavy atom. The first-order valence-corrected chi connectivity index (χ1v) is 5.67. The van der Waals surface area contributed by atoms with Gasteiger partial charge in [-0.25, -0.2) is 0 Å². The topological polar surface area (TPSA) is 50.9 Å². The van der Waals surface area contributed by atoms with Gasteiger partial charge in [-0.3, -0.25) is 4.68 Å². The van der Waals surface area contributed by atoms with E-state index < -0.39 is 5.60 Å². The molecule has 0 aliphatic rings. The molecule has 0 amide bonds. The quantitative estimate of drug-likeness (QED) is 0.864. The van der Waals surface area contributed by atoms with Gasteiger partial charge in [0, 0.05) is 26.1 Å². The van der Waals surface area contributed by atoms with Crippen molar-refractivity contribution in [2.45, 2.75) is 25.4 Å². The Morgan fingerprint density at radius 3 is 2.53 bits per heavy atom. The molecule has 0 aliphatic heterocycles. The van der Waals surface area contributed by atoms with Crippen LogP contribution in [0.5, 0.6) is 0 Å². The van der Waals surface area contributed by atoms with Crippen LogP contribution in [-0.2, 0) is 19.9 Å². The van der Waals surface area contributed by atoms with E-state index in [-0.39, 0.29) is 0 Å². The molecule has 0 bridgehead atoms. The molecule has 0 radical (unpaired) electrons. The third-order valence-electron chi connectivity index (χ3n) is 2.64. The second-order valence-corrected chi connectivity index (χ2v) is 4.72. The first kappa shape index (κ1) is 11.8. The standard InChI is InChI=1S/C13H17N3O/c1-13(17,8-11-6-4-3-5-7-11)9-12-10-16(2)15-14-12/h3-7,10,17H,8-9H2,1-2H3. The average Bonchev–Trinajstić information content (AvgIpc) is 2.63. The molecular weight excluding hydrogens is 214 g/mol. The van der Waals surface area contributed by atoms with Crippen molar-refractivity contribution in [3.63, 3.8) is 0 Å². The largest absolute Gasteiger partial charge is 0.389 e. The second kappa shape index (κ2) is 4.67. The van der Waals surface area contributed by atoms with E-state index in [4.69, 9.17) is 0 Å². The van der Waals surface area contributed by atoms with E-state index in [1.165, 1.54) is 0 Å². The Labute approximate surface area is 101 Å². The molecule has 4 nitrogen and oxygen atoms in total. The van der Waals surface area contributed by atoms with Gasteiger partial charge in [-0.05, 0) is 12.5 Å². The number of rotatable bonds is 4. The molecule has 0 saturated heterocycles. The van der Waals surface area contributed by atoms with Gasteiger partial charge >= 0.3 is 0 Å². The fourth-order valence-electron chi connectivity index (χ4n) is 1.96. The first-order chi connectivity index (χ1) is 8.05. The molecule has 1 aromatic heterocycles. The van der Waals surface area contributed by atoms with Crippen molar-refractivity contribution in [2.75, 3.05) is 0 Å². The second-order valence-electron chi connectivity index (χ2n) is 4.72. The number of nitrogens with zero attached hydrogens (tertiary/aromatic N) is 3. The minimum absolute atomic E-state index is 0.510. The van der Waals surface area contributed by atoms with Gasteiger partial charge in [0.05, 0.1) is 11.3 Å². The minimum atomic E-state index is -0.794. The number of aliphatic hydroxyl groups is 1. The van der Waals surface area contributed by atoms with Crippen molar-refractivity contribution in [2.24, 2.45) is 7.05 Å². The summed E-state index contributed by atoms with van der Waals surface area (Å²) in [6.45, 7) is 1.83. The summed E-state index contributed by atoms with van der Waals surface area (Å²) in [5.74, 6) is 0. The predicted octanol–water partition coefficient (Wildman–Crippen LogP) is 1.35. The molecule has 1 N–H and O–H groups in total. The molecule has 4 heteroatoms. The Balaban J connectivity index is 2.04. The van der Waals surface area contributed by atoms with E-state index in [2.05, 4.69) is 10.3 Å². The molecular formula is C13H17N3O. The van der Waals surface area contributed by atoms with Crippen LogP contribution in [-0.4, -0.2) is 25.7 Å². The summed E-state index contributed by atoms with van der Waals surface area (Å²) < 4.78 is 1.65. The van der Waals surface area contributed by atoms with Crippen molar-refractivity contribution in [3.8, 4) is 0 Å². The molecule has 0 fully saturated rings. The highest BCUT2D eigenvalue weighted by atomic mass is 16.3. The number of hydrogen-bond donors (Lipinski definition) is 1. The van der Waals surface area contributed by atoms with Crippen molar-refractivity contribution in [1.82, 2.24) is 15.0 Å². The van der Waals surface area contributed by atoms with E-state index in [1.807, 2.05) is 50.5 Å². The molecule has 1 heterocycles. The monoisotopic (exact) mass is 231 g/mol. The zero-order chi connectivity index (χ0) is 12.3. The van der Waals surface area contributed by atoms with E-state index in [0.717, 1.165) is 11.3 Å². The van der Waals surface area contributed by atoms with Crippen molar-refractivity contribution < 1.29 is 5.11 Å². The zero-order valence-electron chi connectivity index (χ0n) is 10.2. The highest BCUT2D eigenvalue weighted by Crippen LogP contribution is 2.17. The van der Waals surface area contributed by atoms with Crippen molar-refractivity contribution in [1.29, 1.82) is 0 Å². The molecule has 1 unspecified atom stereocenters. The van der Waals surface area contributed by atoms with E-state index >= 15 is 0 Å². The Morgan fingerprint density at radius 2 is 1.94 bits per heavy atom. The number of hydrogen-bond acceptors (Lipinski definition) is 3. The van der Waals surface area contributed by atoms with Gasteiger partial charge in [-0.15, -0.1) is 5.10 Å². The normalized spacial score (nSPS) is 14.5. The molecule has 2 aromatic rings. The summed E-state index contributed by atoms with van der Waals surface area (Å²) in [4.78, 5) is 0. The van der Waals surface area contributed by atoms with Crippen molar-refractivity contribution >= 4 is 0 Å². The van der Waals surface area contributed by atoms with Gasteiger partial charge in [0.25, 0.3) is 0 Å². The summed E-state index contributed by atoms with van der Waals surface area (Å²) in [5.41, 5.74) is 1.15. The number of aromatic nitrogens is 3. The van der Waals surface area contributed by atoms with Crippen LogP contribution in [0.4, 0.5) is 0 Å². The van der Waals surface area contributed by atoms with E-state index in [9.17, 15) is 5.11 Å². The third kappa shape index (κ3) is 3.39. The van der Waals surface area contributed by atoms with Gasteiger partial charge in [-0.1, -0.05) is 35.5 Å². The fraction of sp³-hybridized carbons (Fsp3) is 0.385. The lowest BCUT2D eigenvalue weighted by Gasteiger charge is -2.22.